The van der Waals surface area contributed by atoms with E-state index in [1.807, 2.05) is 67.3 Å². The summed E-state index contributed by atoms with van der Waals surface area (Å²) in [5.41, 5.74) is 1.94. The van der Waals surface area contributed by atoms with E-state index in [1.165, 1.54) is 0 Å². The maximum Gasteiger partial charge on any atom is 0.270 e. The average molecular weight is 380 g/mol. The van der Waals surface area contributed by atoms with Gasteiger partial charge in [-0.25, -0.2) is 0 Å². The Bertz CT molecular complexity index is 861. The number of nitrogens with zero attached hydrogens (tertiary/aromatic N) is 2. The van der Waals surface area contributed by atoms with Crippen molar-refractivity contribution in [3.05, 3.63) is 59.7 Å². The van der Waals surface area contributed by atoms with Gasteiger partial charge in [0.2, 0.25) is 5.91 Å². The van der Waals surface area contributed by atoms with Gasteiger partial charge >= 0.3 is 0 Å². The molecule has 5 heteroatoms. The number of hydrogen-bond donors (Lipinski definition) is 0. The predicted octanol–water partition coefficient (Wildman–Crippen LogP) is 3.94. The van der Waals surface area contributed by atoms with Crippen LogP contribution in [0.3, 0.4) is 0 Å². The molecule has 1 heterocycles. The van der Waals surface area contributed by atoms with Crippen LogP contribution in [0, 0.1) is 6.92 Å². The third kappa shape index (κ3) is 4.19. The summed E-state index contributed by atoms with van der Waals surface area (Å²) in [5.74, 6) is 0.599. The van der Waals surface area contributed by atoms with E-state index in [9.17, 15) is 9.59 Å². The van der Waals surface area contributed by atoms with Crippen LogP contribution in [0.4, 0.5) is 5.69 Å². The van der Waals surface area contributed by atoms with Gasteiger partial charge in [0.15, 0.2) is 5.60 Å². The molecule has 2 amide bonds. The van der Waals surface area contributed by atoms with Crippen molar-refractivity contribution in [1.29, 1.82) is 0 Å². The predicted molar refractivity (Wildman–Crippen MR) is 110 cm³/mol. The van der Waals surface area contributed by atoms with E-state index in [-0.39, 0.29) is 18.2 Å². The Hall–Kier alpha value is -2.82. The lowest BCUT2D eigenvalue weighted by Crippen LogP contribution is -2.53. The highest BCUT2D eigenvalue weighted by atomic mass is 16.5. The molecule has 2 aromatic rings. The second-order valence-electron chi connectivity index (χ2n) is 7.68. The number of fused-ring (bicyclic) bond motifs is 1. The third-order valence-electron chi connectivity index (χ3n) is 5.03. The SMILES string of the molecule is CCN(Cc1ccccc1)C(=O)CCN1C(=O)C(C)(C)Oc2ccc(C)cc21. The van der Waals surface area contributed by atoms with Gasteiger partial charge in [0.1, 0.15) is 5.75 Å². The second kappa shape index (κ2) is 8.05. The van der Waals surface area contributed by atoms with Crippen molar-refractivity contribution in [2.24, 2.45) is 0 Å². The number of rotatable bonds is 6. The summed E-state index contributed by atoms with van der Waals surface area (Å²) < 4.78 is 5.88. The van der Waals surface area contributed by atoms with Gasteiger partial charge in [-0.1, -0.05) is 36.4 Å². The number of hydrogen-bond acceptors (Lipinski definition) is 3. The summed E-state index contributed by atoms with van der Waals surface area (Å²) in [6, 6.07) is 15.7. The molecule has 0 aliphatic carbocycles. The standard InChI is InChI=1S/C23H28N2O3/c1-5-24(16-18-9-7-6-8-10-18)21(26)13-14-25-19-15-17(2)11-12-20(19)28-23(3,4)22(25)27/h6-12,15H,5,13-14,16H2,1-4H3. The molecule has 0 aromatic heterocycles. The highest BCUT2D eigenvalue weighted by molar-refractivity contribution is 6.02. The third-order valence-corrected chi connectivity index (χ3v) is 5.03. The second-order valence-corrected chi connectivity index (χ2v) is 7.68. The van der Waals surface area contributed by atoms with E-state index in [0.29, 0.717) is 25.4 Å². The molecular formula is C23H28N2O3. The molecule has 28 heavy (non-hydrogen) atoms. The summed E-state index contributed by atoms with van der Waals surface area (Å²) in [7, 11) is 0. The van der Waals surface area contributed by atoms with Crippen LogP contribution >= 0.6 is 0 Å². The zero-order chi connectivity index (χ0) is 20.3. The molecule has 0 saturated heterocycles. The van der Waals surface area contributed by atoms with E-state index in [2.05, 4.69) is 0 Å². The maximum atomic E-state index is 12.9. The van der Waals surface area contributed by atoms with E-state index in [1.54, 1.807) is 18.7 Å². The molecule has 0 radical (unpaired) electrons. The molecule has 1 aliphatic rings. The van der Waals surface area contributed by atoms with Crippen molar-refractivity contribution >= 4 is 17.5 Å². The minimum absolute atomic E-state index is 0.0395. The Kier molecular flexibility index (Phi) is 5.73. The summed E-state index contributed by atoms with van der Waals surface area (Å²) in [5, 5.41) is 0. The smallest absolute Gasteiger partial charge is 0.270 e. The molecule has 0 fully saturated rings. The molecule has 1 aliphatic heterocycles. The molecule has 0 unspecified atom stereocenters. The number of ether oxygens (including phenoxy) is 1. The Morgan fingerprint density at radius 2 is 1.86 bits per heavy atom. The van der Waals surface area contributed by atoms with Crippen molar-refractivity contribution in [2.75, 3.05) is 18.0 Å². The van der Waals surface area contributed by atoms with Gasteiger partial charge in [-0.05, 0) is 51.0 Å². The summed E-state index contributed by atoms with van der Waals surface area (Å²) in [4.78, 5) is 29.3. The number of amides is 2. The van der Waals surface area contributed by atoms with Crippen LogP contribution in [-0.2, 0) is 16.1 Å². The van der Waals surface area contributed by atoms with E-state index < -0.39 is 5.60 Å². The number of benzene rings is 2. The van der Waals surface area contributed by atoms with Gasteiger partial charge in [-0.2, -0.15) is 0 Å². The monoisotopic (exact) mass is 380 g/mol. The van der Waals surface area contributed by atoms with Crippen LogP contribution in [0.2, 0.25) is 0 Å². The normalized spacial score (nSPS) is 15.0. The first-order valence-corrected chi connectivity index (χ1v) is 9.75. The molecule has 5 nitrogen and oxygen atoms in total. The first-order valence-electron chi connectivity index (χ1n) is 9.75. The fourth-order valence-corrected chi connectivity index (χ4v) is 3.45. The van der Waals surface area contributed by atoms with Crippen molar-refractivity contribution in [1.82, 2.24) is 4.90 Å². The summed E-state index contributed by atoms with van der Waals surface area (Å²) >= 11 is 0. The lowest BCUT2D eigenvalue weighted by Gasteiger charge is -2.39. The van der Waals surface area contributed by atoms with Gasteiger partial charge in [-0.3, -0.25) is 9.59 Å². The molecule has 0 bridgehead atoms. The van der Waals surface area contributed by atoms with E-state index in [4.69, 9.17) is 4.74 Å². The van der Waals surface area contributed by atoms with Crippen LogP contribution in [0.1, 0.15) is 38.3 Å². The van der Waals surface area contributed by atoms with Gasteiger partial charge in [0.05, 0.1) is 5.69 Å². The van der Waals surface area contributed by atoms with Gasteiger partial charge in [0.25, 0.3) is 5.91 Å². The van der Waals surface area contributed by atoms with E-state index in [0.717, 1.165) is 16.8 Å². The van der Waals surface area contributed by atoms with Gasteiger partial charge in [-0.15, -0.1) is 0 Å². The van der Waals surface area contributed by atoms with Crippen molar-refractivity contribution < 1.29 is 14.3 Å². The van der Waals surface area contributed by atoms with Gasteiger partial charge in [0, 0.05) is 26.1 Å². The fraction of sp³-hybridized carbons (Fsp3) is 0.391. The molecule has 0 spiro atoms. The molecule has 0 saturated carbocycles. The quantitative estimate of drug-likeness (QED) is 0.763. The number of carbonyl (C=O) groups is 2. The molecule has 2 aromatic carbocycles. The van der Waals surface area contributed by atoms with Crippen LogP contribution in [0.25, 0.3) is 0 Å². The molecule has 3 rings (SSSR count). The minimum atomic E-state index is -0.945. The average Bonchev–Trinajstić information content (AvgIpc) is 2.67. The Balaban J connectivity index is 1.74. The first kappa shape index (κ1) is 19.9. The Morgan fingerprint density at radius 3 is 2.54 bits per heavy atom. The zero-order valence-electron chi connectivity index (χ0n) is 17.1. The number of carbonyl (C=O) groups excluding carboxylic acids is 2. The topological polar surface area (TPSA) is 49.9 Å². The van der Waals surface area contributed by atoms with Crippen LogP contribution < -0.4 is 9.64 Å². The minimum Gasteiger partial charge on any atom is -0.476 e. The van der Waals surface area contributed by atoms with Crippen molar-refractivity contribution in [3.8, 4) is 5.75 Å². The highest BCUT2D eigenvalue weighted by Crippen LogP contribution is 2.38. The van der Waals surface area contributed by atoms with Gasteiger partial charge < -0.3 is 14.5 Å². The maximum absolute atomic E-state index is 12.9. The Morgan fingerprint density at radius 1 is 1.14 bits per heavy atom. The van der Waals surface area contributed by atoms with Crippen LogP contribution in [-0.4, -0.2) is 35.4 Å². The van der Waals surface area contributed by atoms with Crippen molar-refractivity contribution in [3.63, 3.8) is 0 Å². The first-order chi connectivity index (χ1) is 13.3. The highest BCUT2D eigenvalue weighted by Gasteiger charge is 2.40. The van der Waals surface area contributed by atoms with Crippen molar-refractivity contribution in [2.45, 2.75) is 46.3 Å². The summed E-state index contributed by atoms with van der Waals surface area (Å²) in [6.45, 7) is 9.03. The molecular weight excluding hydrogens is 352 g/mol. The number of aryl methyl sites for hydroxylation is 1. The fourth-order valence-electron chi connectivity index (χ4n) is 3.45. The van der Waals surface area contributed by atoms with Crippen LogP contribution in [0.15, 0.2) is 48.5 Å². The summed E-state index contributed by atoms with van der Waals surface area (Å²) in [6.07, 6.45) is 0.274. The largest absolute Gasteiger partial charge is 0.476 e. The molecule has 148 valence electrons. The zero-order valence-corrected chi connectivity index (χ0v) is 17.1. The number of anilines is 1. The molecule has 0 N–H and O–H groups in total. The Labute approximate surface area is 166 Å². The lowest BCUT2D eigenvalue weighted by atomic mass is 10.0. The lowest BCUT2D eigenvalue weighted by molar-refractivity contribution is -0.133. The van der Waals surface area contributed by atoms with Crippen LogP contribution in [0.5, 0.6) is 5.75 Å². The van der Waals surface area contributed by atoms with E-state index >= 15 is 0 Å². The molecule has 0 atom stereocenters.